The van der Waals surface area contributed by atoms with Crippen molar-refractivity contribution in [3.63, 3.8) is 0 Å². The number of carbonyl (C=O) groups is 2. The minimum atomic E-state index is -0.289. The van der Waals surface area contributed by atoms with Crippen molar-refractivity contribution < 1.29 is 9.59 Å². The van der Waals surface area contributed by atoms with Gasteiger partial charge in [0.05, 0.1) is 0 Å². The molecule has 0 fully saturated rings. The number of nitrogens with zero attached hydrogens (tertiary/aromatic N) is 1. The Bertz CT molecular complexity index is 638. The lowest BCUT2D eigenvalue weighted by molar-refractivity contribution is 0.0958. The molecule has 108 valence electrons. The third-order valence-electron chi connectivity index (χ3n) is 3.43. The molecule has 1 heterocycles. The van der Waals surface area contributed by atoms with E-state index in [9.17, 15) is 9.59 Å². The van der Waals surface area contributed by atoms with Gasteiger partial charge in [0.25, 0.3) is 5.91 Å². The van der Waals surface area contributed by atoms with Crippen LogP contribution in [0.15, 0.2) is 42.5 Å². The highest BCUT2D eigenvalue weighted by Gasteiger charge is 2.17. The average molecular weight is 282 g/mol. The maximum absolute atomic E-state index is 11.8. The Labute approximate surface area is 124 Å². The van der Waals surface area contributed by atoms with Crippen molar-refractivity contribution in [1.29, 1.82) is 0 Å². The quantitative estimate of drug-likeness (QED) is 0.858. The van der Waals surface area contributed by atoms with E-state index in [-0.39, 0.29) is 17.5 Å². The monoisotopic (exact) mass is 282 g/mol. The van der Waals surface area contributed by atoms with Crippen LogP contribution < -0.4 is 5.32 Å². The largest absolute Gasteiger partial charge is 0.354 e. The summed E-state index contributed by atoms with van der Waals surface area (Å²) in [7, 11) is 1.55. The Morgan fingerprint density at radius 3 is 2.57 bits per heavy atom. The van der Waals surface area contributed by atoms with Crippen LogP contribution in [0.2, 0.25) is 0 Å². The minimum Gasteiger partial charge on any atom is -0.354 e. The van der Waals surface area contributed by atoms with Gasteiger partial charge in [0, 0.05) is 24.2 Å². The summed E-state index contributed by atoms with van der Waals surface area (Å²) in [6.45, 7) is 2.06. The zero-order valence-electron chi connectivity index (χ0n) is 12.2. The molecule has 1 aromatic carbocycles. The van der Waals surface area contributed by atoms with Crippen LogP contribution in [-0.4, -0.2) is 24.2 Å². The third kappa shape index (κ3) is 3.34. The van der Waals surface area contributed by atoms with E-state index in [1.807, 2.05) is 30.3 Å². The summed E-state index contributed by atoms with van der Waals surface area (Å²) in [5, 5.41) is 2.54. The highest BCUT2D eigenvalue weighted by molar-refractivity contribution is 5.93. The molecule has 0 aliphatic rings. The van der Waals surface area contributed by atoms with E-state index in [4.69, 9.17) is 0 Å². The number of nitrogens with one attached hydrogen (secondary N) is 1. The molecule has 0 aliphatic carbocycles. The summed E-state index contributed by atoms with van der Waals surface area (Å²) >= 11 is 0. The lowest BCUT2D eigenvalue weighted by Crippen LogP contribution is -2.20. The first kappa shape index (κ1) is 14.9. The molecule has 4 heteroatoms. The fourth-order valence-corrected chi connectivity index (χ4v) is 2.37. The molecule has 2 rings (SSSR count). The lowest BCUT2D eigenvalue weighted by Gasteiger charge is -2.16. The highest BCUT2D eigenvalue weighted by Crippen LogP contribution is 2.27. The molecule has 0 bridgehead atoms. The number of pyridine rings is 1. The first-order valence-electron chi connectivity index (χ1n) is 6.93. The molecule has 2 aromatic rings. The molecule has 0 saturated heterocycles. The van der Waals surface area contributed by atoms with Gasteiger partial charge in [-0.15, -0.1) is 0 Å². The lowest BCUT2D eigenvalue weighted by atomic mass is 9.92. The minimum absolute atomic E-state index is 0.0644. The SMILES string of the molecule is CCC(c1ccccc1)c1cc(C=O)cc(C(=O)NC)n1. The van der Waals surface area contributed by atoms with E-state index in [0.717, 1.165) is 24.0 Å². The zero-order chi connectivity index (χ0) is 15.2. The second kappa shape index (κ2) is 6.79. The molecule has 0 radical (unpaired) electrons. The number of aromatic nitrogens is 1. The standard InChI is InChI=1S/C17H18N2O2/c1-3-14(13-7-5-4-6-8-13)15-9-12(11-20)10-16(19-15)17(21)18-2/h4-11,14H,3H2,1-2H3,(H,18,21). The molecule has 0 saturated carbocycles. The van der Waals surface area contributed by atoms with Crippen molar-refractivity contribution in [2.24, 2.45) is 0 Å². The van der Waals surface area contributed by atoms with Crippen LogP contribution in [0.25, 0.3) is 0 Å². The van der Waals surface area contributed by atoms with Gasteiger partial charge < -0.3 is 5.32 Å². The van der Waals surface area contributed by atoms with Crippen molar-refractivity contribution in [2.45, 2.75) is 19.3 Å². The van der Waals surface area contributed by atoms with Crippen molar-refractivity contribution in [3.05, 3.63) is 65.0 Å². The fourth-order valence-electron chi connectivity index (χ4n) is 2.37. The normalized spacial score (nSPS) is 11.7. The first-order valence-corrected chi connectivity index (χ1v) is 6.93. The van der Waals surface area contributed by atoms with E-state index >= 15 is 0 Å². The van der Waals surface area contributed by atoms with E-state index in [2.05, 4.69) is 17.2 Å². The first-order chi connectivity index (χ1) is 10.2. The maximum atomic E-state index is 11.8. The number of amides is 1. The molecule has 4 nitrogen and oxygen atoms in total. The van der Waals surface area contributed by atoms with Crippen molar-refractivity contribution in [1.82, 2.24) is 10.3 Å². The zero-order valence-corrected chi connectivity index (χ0v) is 12.2. The predicted octanol–water partition coefficient (Wildman–Crippen LogP) is 2.80. The van der Waals surface area contributed by atoms with Gasteiger partial charge in [-0.25, -0.2) is 4.98 Å². The molecule has 1 aromatic heterocycles. The van der Waals surface area contributed by atoms with E-state index < -0.39 is 0 Å². The second-order valence-electron chi connectivity index (χ2n) is 4.78. The van der Waals surface area contributed by atoms with Gasteiger partial charge in [-0.3, -0.25) is 9.59 Å². The van der Waals surface area contributed by atoms with E-state index in [1.165, 1.54) is 6.07 Å². The maximum Gasteiger partial charge on any atom is 0.269 e. The van der Waals surface area contributed by atoms with Gasteiger partial charge in [0.15, 0.2) is 0 Å². The van der Waals surface area contributed by atoms with Crippen molar-refractivity contribution in [2.75, 3.05) is 7.05 Å². The Hall–Kier alpha value is -2.49. The van der Waals surface area contributed by atoms with Crippen LogP contribution in [0.3, 0.4) is 0 Å². The third-order valence-corrected chi connectivity index (χ3v) is 3.43. The molecule has 1 amide bonds. The van der Waals surface area contributed by atoms with Crippen LogP contribution in [0.5, 0.6) is 0 Å². The highest BCUT2D eigenvalue weighted by atomic mass is 16.1. The number of hydrogen-bond donors (Lipinski definition) is 1. The number of rotatable bonds is 5. The summed E-state index contributed by atoms with van der Waals surface area (Å²) in [5.41, 5.74) is 2.60. The molecule has 21 heavy (non-hydrogen) atoms. The number of hydrogen-bond acceptors (Lipinski definition) is 3. The Morgan fingerprint density at radius 2 is 2.00 bits per heavy atom. The van der Waals surface area contributed by atoms with Crippen LogP contribution in [0.4, 0.5) is 0 Å². The van der Waals surface area contributed by atoms with Crippen LogP contribution in [0.1, 0.15) is 51.4 Å². The fraction of sp³-hybridized carbons (Fsp3) is 0.235. The number of benzene rings is 1. The topological polar surface area (TPSA) is 59.1 Å². The van der Waals surface area contributed by atoms with Gasteiger partial charge in [-0.1, -0.05) is 37.3 Å². The number of aldehydes is 1. The molecule has 1 atom stereocenters. The number of carbonyl (C=O) groups excluding carboxylic acids is 2. The van der Waals surface area contributed by atoms with E-state index in [1.54, 1.807) is 13.1 Å². The van der Waals surface area contributed by atoms with E-state index in [0.29, 0.717) is 5.56 Å². The molecular weight excluding hydrogens is 264 g/mol. The molecular formula is C17H18N2O2. The molecule has 0 aliphatic heterocycles. The van der Waals surface area contributed by atoms with Crippen LogP contribution in [0, 0.1) is 0 Å². The summed E-state index contributed by atoms with van der Waals surface area (Å²) in [4.78, 5) is 27.3. The molecule has 1 N–H and O–H groups in total. The average Bonchev–Trinajstić information content (AvgIpc) is 2.55. The summed E-state index contributed by atoms with van der Waals surface area (Å²) < 4.78 is 0. The second-order valence-corrected chi connectivity index (χ2v) is 4.78. The van der Waals surface area contributed by atoms with Gasteiger partial charge in [-0.05, 0) is 24.1 Å². The van der Waals surface area contributed by atoms with Crippen molar-refractivity contribution in [3.8, 4) is 0 Å². The summed E-state index contributed by atoms with van der Waals surface area (Å²) in [6, 6.07) is 13.2. The summed E-state index contributed by atoms with van der Waals surface area (Å²) in [6.07, 6.45) is 1.59. The van der Waals surface area contributed by atoms with Crippen LogP contribution >= 0.6 is 0 Å². The van der Waals surface area contributed by atoms with Gasteiger partial charge in [0.2, 0.25) is 0 Å². The Balaban J connectivity index is 2.50. The summed E-state index contributed by atoms with van der Waals surface area (Å²) in [5.74, 6) is -0.225. The Kier molecular flexibility index (Phi) is 4.82. The molecule has 1 unspecified atom stereocenters. The van der Waals surface area contributed by atoms with Crippen LogP contribution in [-0.2, 0) is 0 Å². The van der Waals surface area contributed by atoms with Gasteiger partial charge in [0.1, 0.15) is 12.0 Å². The Morgan fingerprint density at radius 1 is 1.29 bits per heavy atom. The van der Waals surface area contributed by atoms with Crippen molar-refractivity contribution >= 4 is 12.2 Å². The smallest absolute Gasteiger partial charge is 0.269 e. The molecule has 0 spiro atoms. The van der Waals surface area contributed by atoms with Gasteiger partial charge in [-0.2, -0.15) is 0 Å². The predicted molar refractivity (Wildman–Crippen MR) is 81.6 cm³/mol. The van der Waals surface area contributed by atoms with Gasteiger partial charge >= 0.3 is 0 Å².